The molecule has 0 amide bonds. The predicted octanol–water partition coefficient (Wildman–Crippen LogP) is -2.44. The van der Waals surface area contributed by atoms with Crippen LogP contribution in [0.1, 0.15) is 5.56 Å². The van der Waals surface area contributed by atoms with Crippen LogP contribution in [0.4, 0.5) is 0 Å². The van der Waals surface area contributed by atoms with Gasteiger partial charge < -0.3 is 15.0 Å². The van der Waals surface area contributed by atoms with E-state index in [0.717, 1.165) is 0 Å². The average molecular weight is 160 g/mol. The normalized spacial score (nSPS) is 8.36. The van der Waals surface area contributed by atoms with Gasteiger partial charge in [0.1, 0.15) is 5.75 Å². The van der Waals surface area contributed by atoms with E-state index in [1.807, 2.05) is 0 Å². The number of phenolic OH excluding ortho intramolecular Hbond substituents is 2. The van der Waals surface area contributed by atoms with E-state index in [1.165, 1.54) is 24.5 Å². The zero-order chi connectivity index (χ0) is 7.56. The Bertz CT molecular complexity index is 260. The van der Waals surface area contributed by atoms with Gasteiger partial charge in [-0.2, -0.15) is 6.07 Å². The number of hydrogen-bond acceptors (Lipinski definition) is 3. The van der Waals surface area contributed by atoms with Crippen molar-refractivity contribution in [3.63, 3.8) is 0 Å². The summed E-state index contributed by atoms with van der Waals surface area (Å²) in [5.41, 5.74) is -0.0278. The van der Waals surface area contributed by atoms with Crippen molar-refractivity contribution in [3.05, 3.63) is 23.8 Å². The van der Waals surface area contributed by atoms with Crippen molar-refractivity contribution in [1.82, 2.24) is 0 Å². The van der Waals surface area contributed by atoms with Crippen molar-refractivity contribution in [1.29, 1.82) is 0 Å². The summed E-state index contributed by atoms with van der Waals surface area (Å²) in [6.45, 7) is 0. The molecule has 0 aliphatic rings. The molecule has 0 heterocycles. The molecule has 11 heavy (non-hydrogen) atoms. The van der Waals surface area contributed by atoms with Gasteiger partial charge in [0.15, 0.2) is 0 Å². The summed E-state index contributed by atoms with van der Waals surface area (Å²) in [4.78, 5) is 9.98. The molecule has 0 aliphatic carbocycles. The molecule has 52 valence electrons. The van der Waals surface area contributed by atoms with E-state index >= 15 is 0 Å². The summed E-state index contributed by atoms with van der Waals surface area (Å²) in [6.07, 6.45) is 1.48. The van der Waals surface area contributed by atoms with E-state index in [4.69, 9.17) is 10.2 Å². The predicted molar refractivity (Wildman–Crippen MR) is 34.6 cm³/mol. The van der Waals surface area contributed by atoms with Crippen LogP contribution in [0.25, 0.3) is 0 Å². The Labute approximate surface area is 86.0 Å². The summed E-state index contributed by atoms with van der Waals surface area (Å²) in [6, 6.07) is 4.10. The summed E-state index contributed by atoms with van der Waals surface area (Å²) in [5, 5.41) is 17.7. The van der Waals surface area contributed by atoms with Gasteiger partial charge in [-0.15, -0.1) is 11.6 Å². The maximum absolute atomic E-state index is 9.98. The van der Waals surface area contributed by atoms with E-state index in [-0.39, 0.29) is 40.9 Å². The maximum atomic E-state index is 9.98. The molecular formula is C7H5NaO3. The second kappa shape index (κ2) is 4.38. The summed E-state index contributed by atoms with van der Waals surface area (Å²) < 4.78 is 0. The molecule has 2 N–H and O–H groups in total. The van der Waals surface area contributed by atoms with Gasteiger partial charge >= 0.3 is 29.6 Å². The van der Waals surface area contributed by atoms with E-state index < -0.39 is 5.75 Å². The number of benzene rings is 1. The van der Waals surface area contributed by atoms with Crippen molar-refractivity contribution in [2.45, 2.75) is 0 Å². The number of para-hydroxylation sites is 1. The molecule has 3 nitrogen and oxygen atoms in total. The van der Waals surface area contributed by atoms with Crippen LogP contribution in [0.3, 0.4) is 0 Å². The molecule has 0 aromatic heterocycles. The summed E-state index contributed by atoms with van der Waals surface area (Å²) in [5.74, 6) is -0.724. The second-order valence-corrected chi connectivity index (χ2v) is 1.78. The molecule has 0 unspecified atom stereocenters. The maximum Gasteiger partial charge on any atom is 1.00 e. The van der Waals surface area contributed by atoms with Crippen molar-refractivity contribution in [3.8, 4) is 11.5 Å². The van der Waals surface area contributed by atoms with Gasteiger partial charge in [-0.1, -0.05) is 0 Å². The van der Waals surface area contributed by atoms with Crippen LogP contribution >= 0.6 is 0 Å². The minimum absolute atomic E-state index is 0. The Morgan fingerprint density at radius 2 is 1.91 bits per heavy atom. The molecule has 0 bridgehead atoms. The topological polar surface area (TPSA) is 57.5 Å². The van der Waals surface area contributed by atoms with E-state index in [0.29, 0.717) is 0 Å². The average Bonchev–Trinajstić information content (AvgIpc) is 1.95. The molecule has 0 atom stereocenters. The first-order valence-corrected chi connectivity index (χ1v) is 2.65. The zero-order valence-corrected chi connectivity index (χ0v) is 8.03. The van der Waals surface area contributed by atoms with Crippen LogP contribution in [0, 0.1) is 0 Å². The Balaban J connectivity index is 0.000001000. The number of hydrogen-bond donors (Lipinski definition) is 2. The van der Waals surface area contributed by atoms with Gasteiger partial charge in [0.2, 0.25) is 0 Å². The van der Waals surface area contributed by atoms with Crippen molar-refractivity contribution >= 4 is 6.29 Å². The molecule has 1 rings (SSSR count). The van der Waals surface area contributed by atoms with Crippen LogP contribution in [-0.2, 0) is 4.79 Å². The Kier molecular flexibility index (Phi) is 4.18. The van der Waals surface area contributed by atoms with Crippen LogP contribution in [0.2, 0.25) is 0 Å². The quantitative estimate of drug-likeness (QED) is 0.272. The van der Waals surface area contributed by atoms with Crippen LogP contribution in [0.15, 0.2) is 18.2 Å². The van der Waals surface area contributed by atoms with Crippen molar-refractivity contribution < 1.29 is 44.6 Å². The molecule has 1 aromatic rings. The van der Waals surface area contributed by atoms with E-state index in [2.05, 4.69) is 0 Å². The zero-order valence-electron chi connectivity index (χ0n) is 6.03. The van der Waals surface area contributed by atoms with Crippen molar-refractivity contribution in [2.24, 2.45) is 0 Å². The minimum atomic E-state index is -0.419. The number of carbonyl (C=O) groups excluding carboxylic acids is 1. The third kappa shape index (κ3) is 2.22. The SMILES string of the molecule is O=[C-]c1cccc(O)c1O.[Na+]. The third-order valence-corrected chi connectivity index (χ3v) is 1.12. The molecule has 4 heteroatoms. The van der Waals surface area contributed by atoms with Gasteiger partial charge in [0.25, 0.3) is 0 Å². The Morgan fingerprint density at radius 3 is 2.36 bits per heavy atom. The molecule has 0 saturated carbocycles. The Morgan fingerprint density at radius 1 is 1.27 bits per heavy atom. The largest absolute Gasteiger partial charge is 1.00 e. The van der Waals surface area contributed by atoms with E-state index in [9.17, 15) is 4.79 Å². The molecule has 0 radical (unpaired) electrons. The fraction of sp³-hybridized carbons (Fsp3) is 0. The summed E-state index contributed by atoms with van der Waals surface area (Å²) in [7, 11) is 0. The fourth-order valence-electron chi connectivity index (χ4n) is 0.614. The molecular weight excluding hydrogens is 155 g/mol. The molecule has 1 aromatic carbocycles. The standard InChI is InChI=1S/C7H5O3.Na/c8-4-5-2-1-3-6(9)7(5)10;/h1-3,9-10H;/q-1;+1. The smallest absolute Gasteiger partial charge is 0.561 e. The van der Waals surface area contributed by atoms with Gasteiger partial charge in [0, 0.05) is 0 Å². The van der Waals surface area contributed by atoms with Crippen LogP contribution in [0.5, 0.6) is 11.5 Å². The van der Waals surface area contributed by atoms with Gasteiger partial charge in [-0.3, -0.25) is 0 Å². The number of rotatable bonds is 1. The van der Waals surface area contributed by atoms with Gasteiger partial charge in [-0.25, -0.2) is 0 Å². The van der Waals surface area contributed by atoms with Crippen molar-refractivity contribution in [2.75, 3.05) is 0 Å². The van der Waals surface area contributed by atoms with Crippen LogP contribution < -0.4 is 29.6 Å². The first-order chi connectivity index (χ1) is 4.75. The molecule has 0 fully saturated rings. The van der Waals surface area contributed by atoms with Gasteiger partial charge in [0.05, 0.1) is 12.0 Å². The third-order valence-electron chi connectivity index (χ3n) is 1.12. The first kappa shape index (κ1) is 10.5. The van der Waals surface area contributed by atoms with Crippen LogP contribution in [-0.4, -0.2) is 16.5 Å². The molecule has 0 saturated heterocycles. The molecule has 0 aliphatic heterocycles. The Hall–Kier alpha value is -0.510. The first-order valence-electron chi connectivity index (χ1n) is 2.65. The number of aromatic hydroxyl groups is 2. The minimum Gasteiger partial charge on any atom is -0.561 e. The molecule has 0 spiro atoms. The fourth-order valence-corrected chi connectivity index (χ4v) is 0.614. The van der Waals surface area contributed by atoms with E-state index in [1.54, 1.807) is 0 Å². The number of phenols is 2. The van der Waals surface area contributed by atoms with Gasteiger partial charge in [-0.05, 0) is 6.07 Å². The monoisotopic (exact) mass is 160 g/mol. The second-order valence-electron chi connectivity index (χ2n) is 1.78. The summed E-state index contributed by atoms with van der Waals surface area (Å²) >= 11 is 0.